The van der Waals surface area contributed by atoms with Gasteiger partial charge in [0.25, 0.3) is 0 Å². The van der Waals surface area contributed by atoms with Crippen molar-refractivity contribution in [1.82, 2.24) is 4.90 Å². The summed E-state index contributed by atoms with van der Waals surface area (Å²) in [5, 5.41) is 10.3. The number of aliphatic hydroxyl groups excluding tert-OH is 1. The molecule has 0 bridgehead atoms. The van der Waals surface area contributed by atoms with E-state index < -0.39 is 0 Å². The molecule has 1 aliphatic carbocycles. The molecule has 0 aliphatic heterocycles. The minimum absolute atomic E-state index is 0.0945. The van der Waals surface area contributed by atoms with Gasteiger partial charge in [0.1, 0.15) is 0 Å². The molecule has 0 radical (unpaired) electrons. The SMILES string of the molecule is CCCC1CCC(O)C(CN(CC)Cc2ccccc2)C1. The van der Waals surface area contributed by atoms with Gasteiger partial charge in [-0.2, -0.15) is 0 Å². The standard InChI is InChI=1S/C19H31NO/c1-3-8-16-11-12-19(21)18(13-16)15-20(4-2)14-17-9-6-5-7-10-17/h5-7,9-10,16,18-19,21H,3-4,8,11-15H2,1-2H3. The maximum absolute atomic E-state index is 10.3. The third-order valence-electron chi connectivity index (χ3n) is 4.94. The number of benzene rings is 1. The van der Waals surface area contributed by atoms with Crippen molar-refractivity contribution in [3.63, 3.8) is 0 Å². The lowest BCUT2D eigenvalue weighted by molar-refractivity contribution is 0.0252. The maximum Gasteiger partial charge on any atom is 0.0580 e. The fourth-order valence-electron chi connectivity index (χ4n) is 3.69. The summed E-state index contributed by atoms with van der Waals surface area (Å²) in [5.74, 6) is 1.29. The number of aliphatic hydroxyl groups is 1. The largest absolute Gasteiger partial charge is 0.393 e. The average Bonchev–Trinajstić information content (AvgIpc) is 2.51. The average molecular weight is 289 g/mol. The molecule has 0 saturated heterocycles. The first kappa shape index (κ1) is 16.5. The topological polar surface area (TPSA) is 23.5 Å². The molecule has 3 atom stereocenters. The van der Waals surface area contributed by atoms with E-state index in [4.69, 9.17) is 0 Å². The van der Waals surface area contributed by atoms with E-state index in [1.54, 1.807) is 0 Å². The predicted octanol–water partition coefficient (Wildman–Crippen LogP) is 4.09. The highest BCUT2D eigenvalue weighted by molar-refractivity contribution is 5.14. The van der Waals surface area contributed by atoms with Gasteiger partial charge >= 0.3 is 0 Å². The van der Waals surface area contributed by atoms with E-state index in [0.29, 0.717) is 5.92 Å². The zero-order chi connectivity index (χ0) is 15.1. The molecular weight excluding hydrogens is 258 g/mol. The van der Waals surface area contributed by atoms with Crippen molar-refractivity contribution in [3.05, 3.63) is 35.9 Å². The molecule has 2 heteroatoms. The minimum Gasteiger partial charge on any atom is -0.393 e. The van der Waals surface area contributed by atoms with Crippen LogP contribution in [0.3, 0.4) is 0 Å². The Kier molecular flexibility index (Phi) is 6.72. The van der Waals surface area contributed by atoms with Crippen molar-refractivity contribution >= 4 is 0 Å². The van der Waals surface area contributed by atoms with E-state index in [-0.39, 0.29) is 6.10 Å². The Morgan fingerprint density at radius 1 is 1.14 bits per heavy atom. The summed E-state index contributed by atoms with van der Waals surface area (Å²) < 4.78 is 0. The summed E-state index contributed by atoms with van der Waals surface area (Å²) in [4.78, 5) is 2.48. The molecule has 21 heavy (non-hydrogen) atoms. The highest BCUT2D eigenvalue weighted by atomic mass is 16.3. The van der Waals surface area contributed by atoms with Crippen LogP contribution in [0.5, 0.6) is 0 Å². The maximum atomic E-state index is 10.3. The first-order valence-corrected chi connectivity index (χ1v) is 8.67. The number of hydrogen-bond donors (Lipinski definition) is 1. The Morgan fingerprint density at radius 3 is 2.57 bits per heavy atom. The minimum atomic E-state index is -0.0945. The predicted molar refractivity (Wildman–Crippen MR) is 89.1 cm³/mol. The Bertz CT molecular complexity index is 392. The summed E-state index contributed by atoms with van der Waals surface area (Å²) >= 11 is 0. The Labute approximate surface area is 130 Å². The van der Waals surface area contributed by atoms with Gasteiger partial charge in [-0.1, -0.05) is 57.0 Å². The van der Waals surface area contributed by atoms with Gasteiger partial charge in [0.15, 0.2) is 0 Å². The molecule has 0 heterocycles. The molecule has 1 aliphatic rings. The Hall–Kier alpha value is -0.860. The van der Waals surface area contributed by atoms with Crippen molar-refractivity contribution in [3.8, 4) is 0 Å². The molecule has 2 rings (SSSR count). The van der Waals surface area contributed by atoms with E-state index in [9.17, 15) is 5.11 Å². The van der Waals surface area contributed by atoms with Crippen LogP contribution in [0.25, 0.3) is 0 Å². The summed E-state index contributed by atoms with van der Waals surface area (Å²) in [6.45, 7) is 7.58. The van der Waals surface area contributed by atoms with E-state index in [1.165, 1.54) is 31.2 Å². The van der Waals surface area contributed by atoms with Gasteiger partial charge in [-0.05, 0) is 43.2 Å². The van der Waals surface area contributed by atoms with Crippen LogP contribution in [0.2, 0.25) is 0 Å². The summed E-state index contributed by atoms with van der Waals surface area (Å²) in [6.07, 6.45) is 5.93. The third-order valence-corrected chi connectivity index (χ3v) is 4.94. The van der Waals surface area contributed by atoms with Gasteiger partial charge < -0.3 is 5.11 Å². The summed E-state index contributed by atoms with van der Waals surface area (Å²) in [5.41, 5.74) is 1.37. The molecule has 0 spiro atoms. The fourth-order valence-corrected chi connectivity index (χ4v) is 3.69. The zero-order valence-corrected chi connectivity index (χ0v) is 13.7. The molecule has 0 aromatic heterocycles. The van der Waals surface area contributed by atoms with Gasteiger partial charge in [-0.25, -0.2) is 0 Å². The van der Waals surface area contributed by atoms with Gasteiger partial charge in [0.05, 0.1) is 6.10 Å². The third kappa shape index (κ3) is 5.12. The van der Waals surface area contributed by atoms with Gasteiger partial charge in [-0.15, -0.1) is 0 Å². The highest BCUT2D eigenvalue weighted by Gasteiger charge is 2.29. The van der Waals surface area contributed by atoms with Crippen molar-refractivity contribution in [1.29, 1.82) is 0 Å². The van der Waals surface area contributed by atoms with E-state index in [2.05, 4.69) is 49.1 Å². The van der Waals surface area contributed by atoms with Crippen LogP contribution in [0.1, 0.15) is 51.5 Å². The zero-order valence-electron chi connectivity index (χ0n) is 13.7. The highest BCUT2D eigenvalue weighted by Crippen LogP contribution is 2.32. The van der Waals surface area contributed by atoms with Crippen molar-refractivity contribution in [2.75, 3.05) is 13.1 Å². The second-order valence-corrected chi connectivity index (χ2v) is 6.61. The van der Waals surface area contributed by atoms with Crippen LogP contribution in [-0.2, 0) is 6.54 Å². The molecule has 118 valence electrons. The second kappa shape index (κ2) is 8.55. The lowest BCUT2D eigenvalue weighted by atomic mass is 9.77. The Balaban J connectivity index is 1.90. The van der Waals surface area contributed by atoms with Crippen LogP contribution >= 0.6 is 0 Å². The van der Waals surface area contributed by atoms with E-state index in [0.717, 1.165) is 32.0 Å². The lowest BCUT2D eigenvalue weighted by Gasteiger charge is -2.36. The first-order chi connectivity index (χ1) is 10.2. The van der Waals surface area contributed by atoms with E-state index >= 15 is 0 Å². The van der Waals surface area contributed by atoms with Crippen LogP contribution in [0, 0.1) is 11.8 Å². The molecular formula is C19H31NO. The summed E-state index contributed by atoms with van der Waals surface area (Å²) in [6, 6.07) is 10.7. The quantitative estimate of drug-likeness (QED) is 0.817. The first-order valence-electron chi connectivity index (χ1n) is 8.67. The molecule has 1 aromatic carbocycles. The van der Waals surface area contributed by atoms with Crippen LogP contribution in [-0.4, -0.2) is 29.2 Å². The van der Waals surface area contributed by atoms with Crippen LogP contribution in [0.15, 0.2) is 30.3 Å². The van der Waals surface area contributed by atoms with Gasteiger partial charge in [0.2, 0.25) is 0 Å². The molecule has 1 fully saturated rings. The van der Waals surface area contributed by atoms with Crippen molar-refractivity contribution in [2.45, 2.75) is 58.6 Å². The van der Waals surface area contributed by atoms with Crippen molar-refractivity contribution < 1.29 is 5.11 Å². The van der Waals surface area contributed by atoms with Crippen molar-refractivity contribution in [2.24, 2.45) is 11.8 Å². The number of rotatable bonds is 7. The van der Waals surface area contributed by atoms with Gasteiger partial charge in [0, 0.05) is 13.1 Å². The van der Waals surface area contributed by atoms with Gasteiger partial charge in [-0.3, -0.25) is 4.90 Å². The normalized spacial score (nSPS) is 26.2. The summed E-state index contributed by atoms with van der Waals surface area (Å²) in [7, 11) is 0. The lowest BCUT2D eigenvalue weighted by Crippen LogP contribution is -2.38. The molecule has 1 aromatic rings. The second-order valence-electron chi connectivity index (χ2n) is 6.61. The molecule has 2 nitrogen and oxygen atoms in total. The monoisotopic (exact) mass is 289 g/mol. The van der Waals surface area contributed by atoms with Crippen LogP contribution < -0.4 is 0 Å². The number of hydrogen-bond acceptors (Lipinski definition) is 2. The smallest absolute Gasteiger partial charge is 0.0580 e. The molecule has 0 amide bonds. The van der Waals surface area contributed by atoms with E-state index in [1.807, 2.05) is 0 Å². The van der Waals surface area contributed by atoms with Crippen LogP contribution in [0.4, 0.5) is 0 Å². The molecule has 1 N–H and O–H groups in total. The Morgan fingerprint density at radius 2 is 1.90 bits per heavy atom. The fraction of sp³-hybridized carbons (Fsp3) is 0.684. The molecule has 1 saturated carbocycles. The number of nitrogens with zero attached hydrogens (tertiary/aromatic N) is 1. The molecule has 3 unspecified atom stereocenters.